The van der Waals surface area contributed by atoms with Crippen molar-refractivity contribution in [2.75, 3.05) is 18.4 Å². The van der Waals surface area contributed by atoms with Crippen LogP contribution in [-0.2, 0) is 10.0 Å². The van der Waals surface area contributed by atoms with Gasteiger partial charge >= 0.3 is 0 Å². The van der Waals surface area contributed by atoms with Crippen molar-refractivity contribution in [1.29, 1.82) is 0 Å². The molecule has 0 heterocycles. The maximum Gasteiger partial charge on any atom is 0.270 e. The van der Waals surface area contributed by atoms with Crippen molar-refractivity contribution in [2.45, 2.75) is 18.7 Å². The number of benzene rings is 2. The van der Waals surface area contributed by atoms with Crippen molar-refractivity contribution < 1.29 is 18.1 Å². The van der Waals surface area contributed by atoms with E-state index in [-0.39, 0.29) is 45.0 Å². The highest BCUT2D eigenvalue weighted by atomic mass is 35.5. The summed E-state index contributed by atoms with van der Waals surface area (Å²) in [7, 11) is -3.85. The topological polar surface area (TPSA) is 110 Å². The first-order valence-corrected chi connectivity index (χ1v) is 10.4. The van der Waals surface area contributed by atoms with Crippen LogP contribution >= 0.6 is 23.2 Å². The molecule has 1 amide bonds. The zero-order valence-corrected chi connectivity index (χ0v) is 17.3. The summed E-state index contributed by atoms with van der Waals surface area (Å²) >= 11 is 12.0. The van der Waals surface area contributed by atoms with E-state index in [9.17, 15) is 23.3 Å². The lowest BCUT2D eigenvalue weighted by Crippen LogP contribution is -2.30. The van der Waals surface area contributed by atoms with Crippen LogP contribution in [0.2, 0.25) is 10.0 Å². The number of nitro groups is 1. The van der Waals surface area contributed by atoms with Gasteiger partial charge in [0.05, 0.1) is 20.5 Å². The fourth-order valence-electron chi connectivity index (χ4n) is 2.48. The number of non-ortho nitro benzene ring substituents is 1. The third-order valence-corrected chi connectivity index (χ3v) is 6.78. The number of halogens is 2. The second-order valence-corrected chi connectivity index (χ2v) is 8.33. The van der Waals surface area contributed by atoms with E-state index in [1.54, 1.807) is 13.8 Å². The molecule has 150 valence electrons. The molecule has 0 aromatic heterocycles. The summed E-state index contributed by atoms with van der Waals surface area (Å²) in [6.07, 6.45) is 0. The number of hydrogen-bond donors (Lipinski definition) is 1. The minimum absolute atomic E-state index is 0.0123. The molecule has 0 atom stereocenters. The molecule has 0 aliphatic heterocycles. The van der Waals surface area contributed by atoms with Crippen LogP contribution in [0.3, 0.4) is 0 Å². The largest absolute Gasteiger partial charge is 0.322 e. The normalized spacial score (nSPS) is 11.5. The maximum atomic E-state index is 12.7. The molecular formula is C17H17Cl2N3O5S. The van der Waals surface area contributed by atoms with E-state index in [0.717, 1.165) is 6.07 Å². The van der Waals surface area contributed by atoms with Crippen molar-refractivity contribution in [2.24, 2.45) is 0 Å². The molecule has 0 aliphatic rings. The quantitative estimate of drug-likeness (QED) is 0.507. The number of carbonyl (C=O) groups is 1. The molecule has 8 nitrogen and oxygen atoms in total. The van der Waals surface area contributed by atoms with Gasteiger partial charge in [0, 0.05) is 30.9 Å². The molecule has 0 fully saturated rings. The molecule has 0 bridgehead atoms. The Hall–Kier alpha value is -2.20. The molecule has 2 aromatic carbocycles. The molecule has 0 aliphatic carbocycles. The van der Waals surface area contributed by atoms with Gasteiger partial charge in [-0.05, 0) is 24.3 Å². The fourth-order valence-corrected chi connectivity index (χ4v) is 4.64. The highest BCUT2D eigenvalue weighted by Crippen LogP contribution is 2.29. The van der Waals surface area contributed by atoms with Gasteiger partial charge in [0.1, 0.15) is 4.90 Å². The minimum atomic E-state index is -3.85. The van der Waals surface area contributed by atoms with Gasteiger partial charge in [0.15, 0.2) is 0 Å². The first kappa shape index (κ1) is 22.1. The number of nitro benzene ring substituents is 1. The third kappa shape index (κ3) is 4.61. The number of anilines is 1. The van der Waals surface area contributed by atoms with Crippen LogP contribution in [0.5, 0.6) is 0 Å². The highest BCUT2D eigenvalue weighted by Gasteiger charge is 2.25. The van der Waals surface area contributed by atoms with E-state index in [0.29, 0.717) is 0 Å². The van der Waals surface area contributed by atoms with Crippen molar-refractivity contribution >= 4 is 50.5 Å². The monoisotopic (exact) mass is 445 g/mol. The van der Waals surface area contributed by atoms with Gasteiger partial charge in [-0.1, -0.05) is 37.0 Å². The molecule has 0 unspecified atom stereocenters. The molecule has 2 rings (SSSR count). The number of nitrogens with zero attached hydrogens (tertiary/aromatic N) is 2. The summed E-state index contributed by atoms with van der Waals surface area (Å²) < 4.78 is 26.7. The smallest absolute Gasteiger partial charge is 0.270 e. The molecule has 0 saturated carbocycles. The van der Waals surface area contributed by atoms with E-state index in [1.807, 2.05) is 0 Å². The van der Waals surface area contributed by atoms with Gasteiger partial charge in [0.25, 0.3) is 11.6 Å². The molecule has 11 heteroatoms. The zero-order valence-electron chi connectivity index (χ0n) is 15.0. The van der Waals surface area contributed by atoms with Gasteiger partial charge in [-0.3, -0.25) is 14.9 Å². The molecule has 0 spiro atoms. The van der Waals surface area contributed by atoms with Crippen LogP contribution < -0.4 is 5.32 Å². The van der Waals surface area contributed by atoms with E-state index < -0.39 is 20.9 Å². The lowest BCUT2D eigenvalue weighted by Gasteiger charge is -2.19. The second-order valence-electron chi connectivity index (χ2n) is 5.61. The summed E-state index contributed by atoms with van der Waals surface area (Å²) in [5, 5.41) is 13.4. The lowest BCUT2D eigenvalue weighted by molar-refractivity contribution is -0.384. The van der Waals surface area contributed by atoms with Gasteiger partial charge in [-0.15, -0.1) is 0 Å². The average Bonchev–Trinajstić information content (AvgIpc) is 2.64. The Morgan fingerprint density at radius 3 is 2.29 bits per heavy atom. The predicted octanol–water partition coefficient (Wildman–Crippen LogP) is 4.18. The van der Waals surface area contributed by atoms with Crippen molar-refractivity contribution in [3.8, 4) is 0 Å². The van der Waals surface area contributed by atoms with E-state index in [1.165, 1.54) is 34.6 Å². The predicted molar refractivity (Wildman–Crippen MR) is 108 cm³/mol. The van der Waals surface area contributed by atoms with Crippen LogP contribution in [0.25, 0.3) is 0 Å². The summed E-state index contributed by atoms with van der Waals surface area (Å²) in [4.78, 5) is 22.6. The van der Waals surface area contributed by atoms with Crippen molar-refractivity contribution in [3.05, 3.63) is 62.1 Å². The van der Waals surface area contributed by atoms with Crippen LogP contribution in [-0.4, -0.2) is 36.6 Å². The van der Waals surface area contributed by atoms with E-state index >= 15 is 0 Å². The molecule has 28 heavy (non-hydrogen) atoms. The molecule has 1 N–H and O–H groups in total. The minimum Gasteiger partial charge on any atom is -0.322 e. The molecular weight excluding hydrogens is 429 g/mol. The Morgan fingerprint density at radius 1 is 1.11 bits per heavy atom. The molecule has 2 aromatic rings. The number of carbonyl (C=O) groups excluding carboxylic acids is 1. The summed E-state index contributed by atoms with van der Waals surface area (Å²) in [5.74, 6) is -0.720. The van der Waals surface area contributed by atoms with Gasteiger partial charge < -0.3 is 5.32 Å². The van der Waals surface area contributed by atoms with E-state index in [4.69, 9.17) is 23.2 Å². The highest BCUT2D eigenvalue weighted by molar-refractivity contribution is 7.89. The number of nitrogens with one attached hydrogen (secondary N) is 1. The van der Waals surface area contributed by atoms with Crippen LogP contribution in [0.4, 0.5) is 11.4 Å². The number of rotatable bonds is 7. The van der Waals surface area contributed by atoms with Crippen molar-refractivity contribution in [1.82, 2.24) is 4.31 Å². The summed E-state index contributed by atoms with van der Waals surface area (Å²) in [6.45, 7) is 3.92. The SMILES string of the molecule is CCN(CC)S(=O)(=O)c1cc(NC(=O)c2cc([N+](=O)[O-])ccc2Cl)ccc1Cl. The number of sulfonamides is 1. The first-order chi connectivity index (χ1) is 13.1. The Kier molecular flexibility index (Phi) is 7.00. The van der Waals surface area contributed by atoms with Crippen LogP contribution in [0.1, 0.15) is 24.2 Å². The van der Waals surface area contributed by atoms with Gasteiger partial charge in [-0.2, -0.15) is 4.31 Å². The third-order valence-electron chi connectivity index (χ3n) is 3.92. The average molecular weight is 446 g/mol. The number of amides is 1. The zero-order chi connectivity index (χ0) is 21.1. The first-order valence-electron chi connectivity index (χ1n) is 8.16. The summed E-state index contributed by atoms with van der Waals surface area (Å²) in [5.41, 5.74) is -0.253. The van der Waals surface area contributed by atoms with Gasteiger partial charge in [0.2, 0.25) is 10.0 Å². The lowest BCUT2D eigenvalue weighted by atomic mass is 10.2. The Labute approximate surface area is 172 Å². The Morgan fingerprint density at radius 2 is 1.71 bits per heavy atom. The van der Waals surface area contributed by atoms with Crippen molar-refractivity contribution in [3.63, 3.8) is 0 Å². The van der Waals surface area contributed by atoms with Crippen LogP contribution in [0, 0.1) is 10.1 Å². The fraction of sp³-hybridized carbons (Fsp3) is 0.235. The number of hydrogen-bond acceptors (Lipinski definition) is 5. The Balaban J connectivity index is 2.40. The standard InChI is InChI=1S/C17H17Cl2N3O5S/c1-3-21(4-2)28(26,27)16-9-11(5-7-15(16)19)20-17(23)13-10-12(22(24)25)6-8-14(13)18/h5-10H,3-4H2,1-2H3,(H,20,23). The summed E-state index contributed by atoms with van der Waals surface area (Å²) in [6, 6.07) is 7.47. The van der Waals surface area contributed by atoms with Gasteiger partial charge in [-0.25, -0.2) is 8.42 Å². The molecule has 0 radical (unpaired) electrons. The second kappa shape index (κ2) is 8.87. The maximum absolute atomic E-state index is 12.7. The van der Waals surface area contributed by atoms with E-state index in [2.05, 4.69) is 5.32 Å². The molecule has 0 saturated heterocycles. The Bertz CT molecular complexity index is 1020. The van der Waals surface area contributed by atoms with Crippen LogP contribution in [0.15, 0.2) is 41.3 Å².